The van der Waals surface area contributed by atoms with Crippen LogP contribution in [-0.4, -0.2) is 67.0 Å². The predicted molar refractivity (Wildman–Crippen MR) is 109 cm³/mol. The van der Waals surface area contributed by atoms with Crippen molar-refractivity contribution < 1.29 is 4.79 Å². The van der Waals surface area contributed by atoms with E-state index in [1.807, 2.05) is 41.3 Å². The van der Waals surface area contributed by atoms with Crippen LogP contribution in [-0.2, 0) is 6.54 Å². The van der Waals surface area contributed by atoms with Crippen molar-refractivity contribution in [2.24, 2.45) is 0 Å². The van der Waals surface area contributed by atoms with E-state index in [1.54, 1.807) is 18.6 Å². The number of carbonyl (C=O) groups excluding carboxylic acids is 1. The van der Waals surface area contributed by atoms with Gasteiger partial charge in [-0.2, -0.15) is 5.10 Å². The number of rotatable bonds is 4. The Morgan fingerprint density at radius 2 is 1.83 bits per heavy atom. The van der Waals surface area contributed by atoms with E-state index < -0.39 is 0 Å². The minimum absolute atomic E-state index is 0.0631. The number of carbonyl (C=O) groups is 1. The Hall–Kier alpha value is -3.52. The van der Waals surface area contributed by atoms with Gasteiger partial charge < -0.3 is 9.88 Å². The van der Waals surface area contributed by atoms with Crippen LogP contribution in [0.1, 0.15) is 16.1 Å². The Morgan fingerprint density at radius 3 is 2.59 bits per heavy atom. The van der Waals surface area contributed by atoms with E-state index >= 15 is 0 Å². The first-order valence-electron chi connectivity index (χ1n) is 9.66. The Labute approximate surface area is 167 Å². The van der Waals surface area contributed by atoms with Crippen LogP contribution in [0, 0.1) is 0 Å². The number of amides is 1. The number of benzene rings is 1. The molecule has 0 aliphatic carbocycles. The SMILES string of the molecule is O=C(c1ccc2nc(-c3ccncc3)[nH]c2c1)N1CCN(Cc2ccn[nH]2)CC1. The van der Waals surface area contributed by atoms with Crippen LogP contribution < -0.4 is 0 Å². The molecule has 1 amide bonds. The third-order valence-corrected chi connectivity index (χ3v) is 5.29. The number of nitrogens with zero attached hydrogens (tertiary/aromatic N) is 5. The van der Waals surface area contributed by atoms with E-state index in [2.05, 4.69) is 30.0 Å². The molecule has 8 nitrogen and oxygen atoms in total. The van der Waals surface area contributed by atoms with E-state index in [0.717, 1.165) is 60.8 Å². The first-order valence-corrected chi connectivity index (χ1v) is 9.66. The number of fused-ring (bicyclic) bond motifs is 1. The molecule has 1 aliphatic heterocycles. The summed E-state index contributed by atoms with van der Waals surface area (Å²) in [5.74, 6) is 0.840. The summed E-state index contributed by atoms with van der Waals surface area (Å²) in [6.07, 6.45) is 5.24. The fourth-order valence-corrected chi connectivity index (χ4v) is 3.69. The van der Waals surface area contributed by atoms with Gasteiger partial charge in [-0.1, -0.05) is 0 Å². The fourth-order valence-electron chi connectivity index (χ4n) is 3.69. The van der Waals surface area contributed by atoms with Crippen molar-refractivity contribution in [2.45, 2.75) is 6.54 Å². The lowest BCUT2D eigenvalue weighted by atomic mass is 10.1. The van der Waals surface area contributed by atoms with Gasteiger partial charge in [-0.15, -0.1) is 0 Å². The molecule has 4 aromatic rings. The molecule has 0 atom stereocenters. The van der Waals surface area contributed by atoms with Gasteiger partial charge in [0.05, 0.1) is 11.0 Å². The summed E-state index contributed by atoms with van der Waals surface area (Å²) in [6.45, 7) is 3.97. The van der Waals surface area contributed by atoms with Gasteiger partial charge in [0.2, 0.25) is 0 Å². The molecule has 0 radical (unpaired) electrons. The number of aromatic amines is 2. The molecule has 2 N–H and O–H groups in total. The van der Waals surface area contributed by atoms with Crippen molar-refractivity contribution in [1.82, 2.24) is 34.9 Å². The van der Waals surface area contributed by atoms with Crippen molar-refractivity contribution in [3.63, 3.8) is 0 Å². The van der Waals surface area contributed by atoms with Gasteiger partial charge >= 0.3 is 0 Å². The van der Waals surface area contributed by atoms with Gasteiger partial charge in [-0.25, -0.2) is 4.98 Å². The van der Waals surface area contributed by atoms with Gasteiger partial charge in [0.15, 0.2) is 0 Å². The molecular weight excluding hydrogens is 366 g/mol. The fraction of sp³-hybridized carbons (Fsp3) is 0.238. The van der Waals surface area contributed by atoms with Gasteiger partial charge in [0.1, 0.15) is 5.82 Å². The highest BCUT2D eigenvalue weighted by molar-refractivity contribution is 5.97. The van der Waals surface area contributed by atoms with Crippen LogP contribution in [0.15, 0.2) is 55.0 Å². The molecule has 5 rings (SSSR count). The Morgan fingerprint density at radius 1 is 1.00 bits per heavy atom. The van der Waals surface area contributed by atoms with E-state index in [1.165, 1.54) is 0 Å². The summed E-state index contributed by atoms with van der Waals surface area (Å²) in [5.41, 5.74) is 4.46. The zero-order valence-electron chi connectivity index (χ0n) is 15.9. The molecule has 0 bridgehead atoms. The third kappa shape index (κ3) is 3.62. The van der Waals surface area contributed by atoms with Crippen molar-refractivity contribution >= 4 is 16.9 Å². The van der Waals surface area contributed by atoms with Crippen LogP contribution in [0.4, 0.5) is 0 Å². The molecule has 29 heavy (non-hydrogen) atoms. The summed E-state index contributed by atoms with van der Waals surface area (Å²) in [7, 11) is 0. The minimum Gasteiger partial charge on any atom is -0.338 e. The second kappa shape index (κ2) is 7.48. The normalized spacial score (nSPS) is 15.1. The van der Waals surface area contributed by atoms with Gasteiger partial charge in [-0.05, 0) is 36.4 Å². The van der Waals surface area contributed by atoms with Gasteiger partial charge in [0.25, 0.3) is 5.91 Å². The summed E-state index contributed by atoms with van der Waals surface area (Å²) >= 11 is 0. The zero-order valence-corrected chi connectivity index (χ0v) is 15.9. The predicted octanol–water partition coefficient (Wildman–Crippen LogP) is 2.31. The lowest BCUT2D eigenvalue weighted by Crippen LogP contribution is -2.48. The summed E-state index contributed by atoms with van der Waals surface area (Å²) < 4.78 is 0. The maximum Gasteiger partial charge on any atom is 0.254 e. The van der Waals surface area contributed by atoms with Gasteiger partial charge in [0, 0.05) is 68.1 Å². The number of H-pyrrole nitrogens is 2. The Bertz CT molecular complexity index is 1110. The molecular formula is C21H21N7O. The maximum atomic E-state index is 13.0. The lowest BCUT2D eigenvalue weighted by Gasteiger charge is -2.34. The molecule has 1 saturated heterocycles. The monoisotopic (exact) mass is 387 g/mol. The molecule has 0 spiro atoms. The Kier molecular flexibility index (Phi) is 4.53. The van der Waals surface area contributed by atoms with E-state index in [0.29, 0.717) is 5.56 Å². The van der Waals surface area contributed by atoms with E-state index in [4.69, 9.17) is 0 Å². The smallest absolute Gasteiger partial charge is 0.254 e. The first-order chi connectivity index (χ1) is 14.3. The number of nitrogens with one attached hydrogen (secondary N) is 2. The molecule has 1 fully saturated rings. The molecule has 1 aromatic carbocycles. The lowest BCUT2D eigenvalue weighted by molar-refractivity contribution is 0.0627. The highest BCUT2D eigenvalue weighted by Crippen LogP contribution is 2.21. The Balaban J connectivity index is 1.28. The van der Waals surface area contributed by atoms with Crippen LogP contribution in [0.5, 0.6) is 0 Å². The van der Waals surface area contributed by atoms with Crippen LogP contribution in [0.2, 0.25) is 0 Å². The number of hydrogen-bond donors (Lipinski definition) is 2. The number of aromatic nitrogens is 5. The molecule has 1 aliphatic rings. The molecule has 3 aromatic heterocycles. The molecule has 4 heterocycles. The van der Waals surface area contributed by atoms with Crippen molar-refractivity contribution in [1.29, 1.82) is 0 Å². The highest BCUT2D eigenvalue weighted by Gasteiger charge is 2.23. The molecule has 0 saturated carbocycles. The van der Waals surface area contributed by atoms with Crippen molar-refractivity contribution in [3.05, 3.63) is 66.2 Å². The third-order valence-electron chi connectivity index (χ3n) is 5.29. The average molecular weight is 387 g/mol. The standard InChI is InChI=1S/C21H21N7O/c29-21(28-11-9-27(10-12-28)14-17-5-8-23-26-17)16-1-2-18-19(13-16)25-20(24-18)15-3-6-22-7-4-15/h1-8,13H,9-12,14H2,(H,23,26)(H,24,25). The topological polar surface area (TPSA) is 93.8 Å². The molecule has 146 valence electrons. The highest BCUT2D eigenvalue weighted by atomic mass is 16.2. The quantitative estimate of drug-likeness (QED) is 0.560. The number of piperazine rings is 1. The van der Waals surface area contributed by atoms with Crippen LogP contribution >= 0.6 is 0 Å². The molecule has 8 heteroatoms. The number of pyridine rings is 1. The van der Waals surface area contributed by atoms with Gasteiger partial charge in [-0.3, -0.25) is 19.8 Å². The minimum atomic E-state index is 0.0631. The summed E-state index contributed by atoms with van der Waals surface area (Å²) in [4.78, 5) is 29.2. The maximum absolute atomic E-state index is 13.0. The largest absolute Gasteiger partial charge is 0.338 e. The second-order valence-electron chi connectivity index (χ2n) is 7.20. The van der Waals surface area contributed by atoms with Crippen molar-refractivity contribution in [3.8, 4) is 11.4 Å². The van der Waals surface area contributed by atoms with Crippen LogP contribution in [0.3, 0.4) is 0 Å². The number of hydrogen-bond acceptors (Lipinski definition) is 5. The molecule has 0 unspecified atom stereocenters. The average Bonchev–Trinajstić information content (AvgIpc) is 3.43. The van der Waals surface area contributed by atoms with E-state index in [-0.39, 0.29) is 5.91 Å². The zero-order chi connectivity index (χ0) is 19.6. The van der Waals surface area contributed by atoms with E-state index in [9.17, 15) is 4.79 Å². The summed E-state index contributed by atoms with van der Waals surface area (Å²) in [6, 6.07) is 11.5. The van der Waals surface area contributed by atoms with Crippen molar-refractivity contribution in [2.75, 3.05) is 26.2 Å². The summed E-state index contributed by atoms with van der Waals surface area (Å²) in [5, 5.41) is 6.98. The van der Waals surface area contributed by atoms with Crippen LogP contribution in [0.25, 0.3) is 22.4 Å². The second-order valence-corrected chi connectivity index (χ2v) is 7.20. The first kappa shape index (κ1) is 17.6. The number of imidazole rings is 1.